The maximum absolute atomic E-state index is 5.66. The average Bonchev–Trinajstić information content (AvgIpc) is 2.75. The predicted molar refractivity (Wildman–Crippen MR) is 65.2 cm³/mol. The summed E-state index contributed by atoms with van der Waals surface area (Å²) in [5, 5.41) is 3.45. The molecule has 1 N–H and O–H groups in total. The molecule has 1 aliphatic heterocycles. The van der Waals surface area contributed by atoms with Gasteiger partial charge in [-0.1, -0.05) is 39.0 Å². The molecule has 0 aliphatic carbocycles. The second kappa shape index (κ2) is 9.17. The third-order valence-corrected chi connectivity index (χ3v) is 3.12. The first-order valence-electron chi connectivity index (χ1n) is 6.74. The van der Waals surface area contributed by atoms with Crippen molar-refractivity contribution >= 4 is 0 Å². The van der Waals surface area contributed by atoms with Gasteiger partial charge in [0.2, 0.25) is 0 Å². The van der Waals surface area contributed by atoms with Gasteiger partial charge in [-0.15, -0.1) is 0 Å². The van der Waals surface area contributed by atoms with E-state index in [-0.39, 0.29) is 0 Å². The summed E-state index contributed by atoms with van der Waals surface area (Å²) in [6.45, 7) is 5.34. The Bertz CT molecular complexity index is 132. The molecular weight excluding hydrogens is 186 g/mol. The topological polar surface area (TPSA) is 21.3 Å². The van der Waals surface area contributed by atoms with Crippen molar-refractivity contribution in [2.24, 2.45) is 0 Å². The van der Waals surface area contributed by atoms with Crippen molar-refractivity contribution in [3.05, 3.63) is 0 Å². The molecule has 0 aromatic carbocycles. The van der Waals surface area contributed by atoms with Crippen molar-refractivity contribution in [2.75, 3.05) is 19.8 Å². The van der Waals surface area contributed by atoms with Crippen molar-refractivity contribution in [2.45, 2.75) is 64.3 Å². The Labute approximate surface area is 94.8 Å². The highest BCUT2D eigenvalue weighted by Gasteiger charge is 2.12. The SMILES string of the molecule is CCCCCCCCOCC1CCCN1. The molecule has 1 fully saturated rings. The Kier molecular flexibility index (Phi) is 7.94. The van der Waals surface area contributed by atoms with Crippen LogP contribution in [0.4, 0.5) is 0 Å². The summed E-state index contributed by atoms with van der Waals surface area (Å²) < 4.78 is 5.66. The molecule has 0 bridgehead atoms. The van der Waals surface area contributed by atoms with Crippen LogP contribution in [0.2, 0.25) is 0 Å². The standard InChI is InChI=1S/C13H27NO/c1-2-3-4-5-6-7-11-15-12-13-9-8-10-14-13/h13-14H,2-12H2,1H3. The molecule has 15 heavy (non-hydrogen) atoms. The van der Waals surface area contributed by atoms with Gasteiger partial charge in [0.1, 0.15) is 0 Å². The Morgan fingerprint density at radius 1 is 1.13 bits per heavy atom. The van der Waals surface area contributed by atoms with Gasteiger partial charge in [0.25, 0.3) is 0 Å². The molecule has 0 aromatic heterocycles. The minimum atomic E-state index is 0.644. The molecule has 1 saturated heterocycles. The van der Waals surface area contributed by atoms with Crippen molar-refractivity contribution in [3.63, 3.8) is 0 Å². The molecule has 0 spiro atoms. The van der Waals surface area contributed by atoms with E-state index in [1.165, 1.54) is 57.9 Å². The van der Waals surface area contributed by atoms with Gasteiger partial charge >= 0.3 is 0 Å². The van der Waals surface area contributed by atoms with Gasteiger partial charge in [-0.05, 0) is 25.8 Å². The zero-order chi connectivity index (χ0) is 10.8. The fraction of sp³-hybridized carbons (Fsp3) is 1.00. The van der Waals surface area contributed by atoms with Crippen LogP contribution in [0.3, 0.4) is 0 Å². The van der Waals surface area contributed by atoms with Crippen LogP contribution in [0.15, 0.2) is 0 Å². The first-order valence-corrected chi connectivity index (χ1v) is 6.74. The van der Waals surface area contributed by atoms with Crippen LogP contribution in [0.5, 0.6) is 0 Å². The molecule has 2 nitrogen and oxygen atoms in total. The van der Waals surface area contributed by atoms with Gasteiger partial charge < -0.3 is 10.1 Å². The molecule has 1 heterocycles. The number of hydrogen-bond donors (Lipinski definition) is 1. The summed E-state index contributed by atoms with van der Waals surface area (Å²) in [4.78, 5) is 0. The Hall–Kier alpha value is -0.0800. The van der Waals surface area contributed by atoms with Crippen molar-refractivity contribution in [3.8, 4) is 0 Å². The number of unbranched alkanes of at least 4 members (excludes halogenated alkanes) is 5. The van der Waals surface area contributed by atoms with Crippen LogP contribution in [-0.2, 0) is 4.74 Å². The lowest BCUT2D eigenvalue weighted by molar-refractivity contribution is 0.112. The van der Waals surface area contributed by atoms with Crippen LogP contribution >= 0.6 is 0 Å². The smallest absolute Gasteiger partial charge is 0.0619 e. The minimum Gasteiger partial charge on any atom is -0.380 e. The highest BCUT2D eigenvalue weighted by atomic mass is 16.5. The molecule has 0 aromatic rings. The van der Waals surface area contributed by atoms with E-state index in [2.05, 4.69) is 12.2 Å². The van der Waals surface area contributed by atoms with E-state index in [1.807, 2.05) is 0 Å². The van der Waals surface area contributed by atoms with Gasteiger partial charge in [-0.3, -0.25) is 0 Å². The quantitative estimate of drug-likeness (QED) is 0.594. The number of rotatable bonds is 9. The third-order valence-electron chi connectivity index (χ3n) is 3.12. The van der Waals surface area contributed by atoms with Gasteiger partial charge in [0.05, 0.1) is 6.61 Å². The van der Waals surface area contributed by atoms with Gasteiger partial charge in [0.15, 0.2) is 0 Å². The summed E-state index contributed by atoms with van der Waals surface area (Å²) in [6.07, 6.45) is 10.7. The lowest BCUT2D eigenvalue weighted by Gasteiger charge is -2.10. The molecule has 0 amide bonds. The van der Waals surface area contributed by atoms with E-state index >= 15 is 0 Å². The van der Waals surface area contributed by atoms with E-state index < -0.39 is 0 Å². The first kappa shape index (κ1) is 13.0. The van der Waals surface area contributed by atoms with Gasteiger partial charge in [0, 0.05) is 12.6 Å². The third kappa shape index (κ3) is 6.91. The van der Waals surface area contributed by atoms with Crippen molar-refractivity contribution in [1.29, 1.82) is 0 Å². The Balaban J connectivity index is 1.73. The summed E-state index contributed by atoms with van der Waals surface area (Å²) >= 11 is 0. The average molecular weight is 213 g/mol. The van der Waals surface area contributed by atoms with E-state index in [0.29, 0.717) is 6.04 Å². The molecule has 0 radical (unpaired) electrons. The fourth-order valence-corrected chi connectivity index (χ4v) is 2.11. The van der Waals surface area contributed by atoms with Gasteiger partial charge in [-0.25, -0.2) is 0 Å². The predicted octanol–water partition coefficient (Wildman–Crippen LogP) is 3.12. The highest BCUT2D eigenvalue weighted by molar-refractivity contribution is 4.73. The summed E-state index contributed by atoms with van der Waals surface area (Å²) in [5.41, 5.74) is 0. The molecule has 2 heteroatoms. The van der Waals surface area contributed by atoms with Crippen LogP contribution in [0.1, 0.15) is 58.3 Å². The molecular formula is C13H27NO. The van der Waals surface area contributed by atoms with E-state index in [0.717, 1.165) is 13.2 Å². The normalized spacial score (nSPS) is 21.0. The molecule has 1 atom stereocenters. The molecule has 90 valence electrons. The maximum Gasteiger partial charge on any atom is 0.0619 e. The zero-order valence-electron chi connectivity index (χ0n) is 10.3. The van der Waals surface area contributed by atoms with Crippen LogP contribution < -0.4 is 5.32 Å². The lowest BCUT2D eigenvalue weighted by Crippen LogP contribution is -2.26. The molecule has 1 rings (SSSR count). The van der Waals surface area contributed by atoms with Crippen LogP contribution in [-0.4, -0.2) is 25.8 Å². The first-order chi connectivity index (χ1) is 7.43. The van der Waals surface area contributed by atoms with Gasteiger partial charge in [-0.2, -0.15) is 0 Å². The summed E-state index contributed by atoms with van der Waals surface area (Å²) in [6, 6.07) is 0.644. The van der Waals surface area contributed by atoms with Crippen LogP contribution in [0.25, 0.3) is 0 Å². The number of nitrogens with one attached hydrogen (secondary N) is 1. The van der Waals surface area contributed by atoms with Crippen molar-refractivity contribution in [1.82, 2.24) is 5.32 Å². The minimum absolute atomic E-state index is 0.644. The van der Waals surface area contributed by atoms with E-state index in [9.17, 15) is 0 Å². The Morgan fingerprint density at radius 2 is 1.93 bits per heavy atom. The summed E-state index contributed by atoms with van der Waals surface area (Å²) in [5.74, 6) is 0. The summed E-state index contributed by atoms with van der Waals surface area (Å²) in [7, 11) is 0. The van der Waals surface area contributed by atoms with E-state index in [1.54, 1.807) is 0 Å². The number of ether oxygens (including phenoxy) is 1. The van der Waals surface area contributed by atoms with E-state index in [4.69, 9.17) is 4.74 Å². The van der Waals surface area contributed by atoms with Crippen LogP contribution in [0, 0.1) is 0 Å². The van der Waals surface area contributed by atoms with Crippen molar-refractivity contribution < 1.29 is 4.74 Å². The fourth-order valence-electron chi connectivity index (χ4n) is 2.11. The second-order valence-corrected chi connectivity index (χ2v) is 4.64. The monoisotopic (exact) mass is 213 g/mol. The largest absolute Gasteiger partial charge is 0.380 e. The molecule has 1 aliphatic rings. The highest BCUT2D eigenvalue weighted by Crippen LogP contribution is 2.07. The zero-order valence-corrected chi connectivity index (χ0v) is 10.3. The second-order valence-electron chi connectivity index (χ2n) is 4.64. The Morgan fingerprint density at radius 3 is 2.67 bits per heavy atom. The lowest BCUT2D eigenvalue weighted by atomic mass is 10.1. The maximum atomic E-state index is 5.66. The molecule has 1 unspecified atom stereocenters. The number of hydrogen-bond acceptors (Lipinski definition) is 2. The molecule has 0 saturated carbocycles.